The van der Waals surface area contributed by atoms with Crippen molar-refractivity contribution in [1.82, 2.24) is 15.5 Å². The van der Waals surface area contributed by atoms with Crippen molar-refractivity contribution in [3.8, 4) is 0 Å². The molecule has 1 heterocycles. The number of nitrogens with one attached hydrogen (secondary N) is 2. The van der Waals surface area contributed by atoms with Crippen LogP contribution in [-0.4, -0.2) is 68.3 Å². The second-order valence-corrected chi connectivity index (χ2v) is 6.92. The minimum Gasteiger partial charge on any atom is -0.444 e. The van der Waals surface area contributed by atoms with E-state index in [0.717, 1.165) is 12.8 Å². The van der Waals surface area contributed by atoms with Gasteiger partial charge in [0.25, 0.3) is 0 Å². The summed E-state index contributed by atoms with van der Waals surface area (Å²) in [5.74, 6) is 0.106. The molecule has 3 amide bonds. The van der Waals surface area contributed by atoms with Gasteiger partial charge in [0, 0.05) is 26.7 Å². The lowest BCUT2D eigenvalue weighted by Crippen LogP contribution is -2.46. The van der Waals surface area contributed by atoms with Crippen molar-refractivity contribution >= 4 is 17.9 Å². The minimum absolute atomic E-state index is 0.0632. The van der Waals surface area contributed by atoms with Crippen LogP contribution >= 0.6 is 0 Å². The van der Waals surface area contributed by atoms with Gasteiger partial charge in [-0.3, -0.25) is 9.59 Å². The van der Waals surface area contributed by atoms with Gasteiger partial charge >= 0.3 is 6.09 Å². The van der Waals surface area contributed by atoms with Crippen LogP contribution in [0.2, 0.25) is 0 Å². The molecule has 0 radical (unpaired) electrons. The third-order valence-corrected chi connectivity index (χ3v) is 3.61. The Labute approximate surface area is 143 Å². The van der Waals surface area contributed by atoms with Gasteiger partial charge < -0.3 is 25.0 Å². The molecule has 8 nitrogen and oxygen atoms in total. The van der Waals surface area contributed by atoms with Crippen LogP contribution in [0.5, 0.6) is 0 Å². The number of hydrogen-bond acceptors (Lipinski definition) is 5. The van der Waals surface area contributed by atoms with Crippen molar-refractivity contribution in [3.63, 3.8) is 0 Å². The van der Waals surface area contributed by atoms with Gasteiger partial charge in [-0.25, -0.2) is 4.79 Å². The third kappa shape index (κ3) is 8.14. The van der Waals surface area contributed by atoms with Crippen LogP contribution < -0.4 is 10.6 Å². The highest BCUT2D eigenvalue weighted by Crippen LogP contribution is 2.16. The van der Waals surface area contributed by atoms with Gasteiger partial charge in [-0.1, -0.05) is 0 Å². The first-order valence-corrected chi connectivity index (χ1v) is 8.21. The summed E-state index contributed by atoms with van der Waals surface area (Å²) in [6, 6.07) is 0. The first-order chi connectivity index (χ1) is 11.2. The summed E-state index contributed by atoms with van der Waals surface area (Å²) in [5.41, 5.74) is -0.585. The van der Waals surface area contributed by atoms with Crippen LogP contribution in [-0.2, 0) is 19.1 Å². The molecule has 1 aliphatic heterocycles. The van der Waals surface area contributed by atoms with E-state index in [-0.39, 0.29) is 25.0 Å². The molecule has 1 aliphatic rings. The Kier molecular flexibility index (Phi) is 7.97. The Morgan fingerprint density at radius 1 is 1.12 bits per heavy atom. The van der Waals surface area contributed by atoms with Crippen molar-refractivity contribution in [2.45, 2.75) is 39.2 Å². The Balaban J connectivity index is 2.23. The Morgan fingerprint density at radius 3 is 2.29 bits per heavy atom. The molecule has 8 heteroatoms. The molecular weight excluding hydrogens is 314 g/mol. The van der Waals surface area contributed by atoms with E-state index in [1.807, 2.05) is 0 Å². The SMILES string of the molecule is COCC(=O)NCC1CCN(C(=O)CNC(=O)OC(C)(C)C)CC1. The zero-order chi connectivity index (χ0) is 18.2. The predicted octanol–water partition coefficient (Wildman–Crippen LogP) is 0.512. The Bertz CT molecular complexity index is 439. The fourth-order valence-electron chi connectivity index (χ4n) is 2.40. The molecule has 138 valence electrons. The monoisotopic (exact) mass is 343 g/mol. The maximum Gasteiger partial charge on any atom is 0.408 e. The molecule has 2 N–H and O–H groups in total. The summed E-state index contributed by atoms with van der Waals surface area (Å²) in [5, 5.41) is 5.30. The van der Waals surface area contributed by atoms with Crippen LogP contribution in [0.3, 0.4) is 0 Å². The second kappa shape index (κ2) is 9.46. The van der Waals surface area contributed by atoms with E-state index in [9.17, 15) is 14.4 Å². The zero-order valence-corrected chi connectivity index (χ0v) is 15.0. The molecule has 1 fully saturated rings. The lowest BCUT2D eigenvalue weighted by molar-refractivity contribution is -0.132. The highest BCUT2D eigenvalue weighted by atomic mass is 16.6. The summed E-state index contributed by atoms with van der Waals surface area (Å²) in [7, 11) is 1.48. The number of amides is 3. The molecule has 0 saturated carbocycles. The average Bonchev–Trinajstić information content (AvgIpc) is 2.50. The Morgan fingerprint density at radius 2 is 1.75 bits per heavy atom. The van der Waals surface area contributed by atoms with Crippen LogP contribution in [0, 0.1) is 5.92 Å². The maximum absolute atomic E-state index is 12.1. The van der Waals surface area contributed by atoms with Crippen molar-refractivity contribution < 1.29 is 23.9 Å². The van der Waals surface area contributed by atoms with E-state index < -0.39 is 11.7 Å². The predicted molar refractivity (Wildman–Crippen MR) is 88.4 cm³/mol. The van der Waals surface area contributed by atoms with Gasteiger partial charge in [0.05, 0.1) is 0 Å². The first-order valence-electron chi connectivity index (χ1n) is 8.21. The number of alkyl carbamates (subject to hydrolysis) is 1. The van der Waals surface area contributed by atoms with E-state index in [0.29, 0.717) is 25.6 Å². The summed E-state index contributed by atoms with van der Waals surface area (Å²) in [6.07, 6.45) is 1.06. The van der Waals surface area contributed by atoms with E-state index in [2.05, 4.69) is 10.6 Å². The van der Waals surface area contributed by atoms with Gasteiger partial charge in [-0.2, -0.15) is 0 Å². The topological polar surface area (TPSA) is 97.0 Å². The number of nitrogens with zero attached hydrogens (tertiary/aromatic N) is 1. The smallest absolute Gasteiger partial charge is 0.408 e. The van der Waals surface area contributed by atoms with Gasteiger partial charge in [0.1, 0.15) is 18.8 Å². The minimum atomic E-state index is -0.591. The quantitative estimate of drug-likeness (QED) is 0.732. The summed E-state index contributed by atoms with van der Waals surface area (Å²) in [4.78, 5) is 36.7. The van der Waals surface area contributed by atoms with Crippen molar-refractivity contribution in [1.29, 1.82) is 0 Å². The van der Waals surface area contributed by atoms with Gasteiger partial charge in [0.15, 0.2) is 0 Å². The lowest BCUT2D eigenvalue weighted by Gasteiger charge is -2.32. The highest BCUT2D eigenvalue weighted by molar-refractivity contribution is 5.82. The normalized spacial score (nSPS) is 15.8. The highest BCUT2D eigenvalue weighted by Gasteiger charge is 2.24. The maximum atomic E-state index is 12.1. The molecule has 0 aromatic heterocycles. The van der Waals surface area contributed by atoms with Gasteiger partial charge in [-0.15, -0.1) is 0 Å². The largest absolute Gasteiger partial charge is 0.444 e. The molecule has 0 spiro atoms. The molecule has 0 atom stereocenters. The molecule has 0 aromatic rings. The number of hydrogen-bond donors (Lipinski definition) is 2. The Hall–Kier alpha value is -1.83. The number of carbonyl (C=O) groups is 3. The molecule has 0 aliphatic carbocycles. The van der Waals surface area contributed by atoms with E-state index >= 15 is 0 Å². The molecule has 0 aromatic carbocycles. The second-order valence-electron chi connectivity index (χ2n) is 6.92. The van der Waals surface area contributed by atoms with E-state index in [4.69, 9.17) is 9.47 Å². The number of rotatable bonds is 6. The van der Waals surface area contributed by atoms with Crippen LogP contribution in [0.4, 0.5) is 4.79 Å². The molecular formula is C16H29N3O5. The molecule has 1 saturated heterocycles. The van der Waals surface area contributed by atoms with Gasteiger partial charge in [-0.05, 0) is 39.5 Å². The average molecular weight is 343 g/mol. The third-order valence-electron chi connectivity index (χ3n) is 3.61. The van der Waals surface area contributed by atoms with Crippen LogP contribution in [0.15, 0.2) is 0 Å². The summed E-state index contributed by atoms with van der Waals surface area (Å²) >= 11 is 0. The molecule has 0 unspecified atom stereocenters. The molecule has 1 rings (SSSR count). The summed E-state index contributed by atoms with van der Waals surface area (Å²) < 4.78 is 9.85. The van der Waals surface area contributed by atoms with Crippen molar-refractivity contribution in [3.05, 3.63) is 0 Å². The van der Waals surface area contributed by atoms with Crippen molar-refractivity contribution in [2.24, 2.45) is 5.92 Å². The lowest BCUT2D eigenvalue weighted by atomic mass is 9.96. The fraction of sp³-hybridized carbons (Fsp3) is 0.812. The number of ether oxygens (including phenoxy) is 2. The zero-order valence-electron chi connectivity index (χ0n) is 15.0. The number of carbonyl (C=O) groups excluding carboxylic acids is 3. The first kappa shape index (κ1) is 20.2. The molecule has 24 heavy (non-hydrogen) atoms. The fourth-order valence-corrected chi connectivity index (χ4v) is 2.40. The van der Waals surface area contributed by atoms with Gasteiger partial charge in [0.2, 0.25) is 11.8 Å². The van der Waals surface area contributed by atoms with E-state index in [1.165, 1.54) is 7.11 Å². The van der Waals surface area contributed by atoms with Crippen molar-refractivity contribution in [2.75, 3.05) is 39.9 Å². The number of methoxy groups -OCH3 is 1. The standard InChI is InChI=1S/C16H29N3O5/c1-16(2,3)24-15(22)18-10-14(21)19-7-5-12(6-8-19)9-17-13(20)11-23-4/h12H,5-11H2,1-4H3,(H,17,20)(H,18,22). The summed E-state index contributed by atoms with van der Waals surface area (Å²) in [6.45, 7) is 7.15. The van der Waals surface area contributed by atoms with Crippen LogP contribution in [0.1, 0.15) is 33.6 Å². The number of piperidine rings is 1. The van der Waals surface area contributed by atoms with E-state index in [1.54, 1.807) is 25.7 Å². The number of likely N-dealkylation sites (tertiary alicyclic amines) is 1. The van der Waals surface area contributed by atoms with Crippen LogP contribution in [0.25, 0.3) is 0 Å². The molecule has 0 bridgehead atoms.